The van der Waals surface area contributed by atoms with Crippen molar-refractivity contribution >= 4 is 21.8 Å². The van der Waals surface area contributed by atoms with E-state index in [-0.39, 0.29) is 18.6 Å². The molecule has 1 saturated heterocycles. The standard InChI is InChI=1S/C19H20BrNO3/c1-23-17-5-2-4-14(12-17)18-6-3-11-21(18)19(22)13-24-16-9-7-15(20)8-10-16/h2,4-5,7-10,12,18H,3,6,11,13H2,1H3. The molecule has 0 radical (unpaired) electrons. The second-order valence-electron chi connectivity index (χ2n) is 5.76. The maximum absolute atomic E-state index is 12.6. The van der Waals surface area contributed by atoms with E-state index in [4.69, 9.17) is 9.47 Å². The average molecular weight is 390 g/mol. The lowest BCUT2D eigenvalue weighted by Gasteiger charge is -2.25. The monoisotopic (exact) mass is 389 g/mol. The van der Waals surface area contributed by atoms with Gasteiger partial charge in [-0.05, 0) is 54.8 Å². The lowest BCUT2D eigenvalue weighted by molar-refractivity contribution is -0.134. The zero-order valence-electron chi connectivity index (χ0n) is 13.6. The van der Waals surface area contributed by atoms with Crippen LogP contribution in [0.5, 0.6) is 11.5 Å². The van der Waals surface area contributed by atoms with Crippen molar-refractivity contribution in [2.24, 2.45) is 0 Å². The Kier molecular flexibility index (Phi) is 5.41. The van der Waals surface area contributed by atoms with E-state index in [1.54, 1.807) is 7.11 Å². The molecule has 1 aliphatic heterocycles. The molecule has 4 nitrogen and oxygen atoms in total. The Morgan fingerprint density at radius 3 is 2.75 bits per heavy atom. The summed E-state index contributed by atoms with van der Waals surface area (Å²) in [4.78, 5) is 14.5. The number of rotatable bonds is 5. The molecule has 24 heavy (non-hydrogen) atoms. The number of methoxy groups -OCH3 is 1. The fourth-order valence-electron chi connectivity index (χ4n) is 3.02. The highest BCUT2D eigenvalue weighted by molar-refractivity contribution is 9.10. The molecule has 126 valence electrons. The molecule has 5 heteroatoms. The largest absolute Gasteiger partial charge is 0.497 e. The first kappa shape index (κ1) is 16.8. The van der Waals surface area contributed by atoms with Crippen LogP contribution in [-0.4, -0.2) is 31.1 Å². The van der Waals surface area contributed by atoms with Crippen LogP contribution in [0, 0.1) is 0 Å². The Hall–Kier alpha value is -2.01. The first-order valence-corrected chi connectivity index (χ1v) is 8.78. The maximum Gasteiger partial charge on any atom is 0.261 e. The maximum atomic E-state index is 12.6. The summed E-state index contributed by atoms with van der Waals surface area (Å²) in [6.07, 6.45) is 1.98. The van der Waals surface area contributed by atoms with E-state index >= 15 is 0 Å². The van der Waals surface area contributed by atoms with Crippen LogP contribution in [0.25, 0.3) is 0 Å². The summed E-state index contributed by atoms with van der Waals surface area (Å²) in [6.45, 7) is 0.826. The van der Waals surface area contributed by atoms with Crippen LogP contribution in [0.4, 0.5) is 0 Å². The van der Waals surface area contributed by atoms with E-state index in [1.165, 1.54) is 0 Å². The molecule has 0 aromatic heterocycles. The Bertz CT molecular complexity index is 702. The Labute approximate surface area is 150 Å². The number of hydrogen-bond acceptors (Lipinski definition) is 3. The number of nitrogens with zero attached hydrogens (tertiary/aromatic N) is 1. The number of carbonyl (C=O) groups excluding carboxylic acids is 1. The highest BCUT2D eigenvalue weighted by Gasteiger charge is 2.30. The highest BCUT2D eigenvalue weighted by atomic mass is 79.9. The molecule has 0 spiro atoms. The summed E-state index contributed by atoms with van der Waals surface area (Å²) in [5.41, 5.74) is 1.11. The number of likely N-dealkylation sites (tertiary alicyclic amines) is 1. The Balaban J connectivity index is 1.65. The van der Waals surface area contributed by atoms with Crippen molar-refractivity contribution in [1.82, 2.24) is 4.90 Å². The minimum Gasteiger partial charge on any atom is -0.497 e. The number of hydrogen-bond donors (Lipinski definition) is 0. The minimum atomic E-state index is 0.0169. The first-order chi connectivity index (χ1) is 11.7. The Morgan fingerprint density at radius 1 is 1.21 bits per heavy atom. The summed E-state index contributed by atoms with van der Waals surface area (Å²) in [5.74, 6) is 1.53. The third-order valence-corrected chi connectivity index (χ3v) is 4.76. The quantitative estimate of drug-likeness (QED) is 0.768. The van der Waals surface area contributed by atoms with Gasteiger partial charge in [0.25, 0.3) is 5.91 Å². The predicted molar refractivity (Wildman–Crippen MR) is 96.3 cm³/mol. The van der Waals surface area contributed by atoms with Crippen LogP contribution in [0.2, 0.25) is 0 Å². The molecule has 2 aromatic carbocycles. The summed E-state index contributed by atoms with van der Waals surface area (Å²) < 4.78 is 11.9. The van der Waals surface area contributed by atoms with Gasteiger partial charge >= 0.3 is 0 Å². The molecule has 1 atom stereocenters. The van der Waals surface area contributed by atoms with E-state index in [9.17, 15) is 4.79 Å². The van der Waals surface area contributed by atoms with Crippen molar-refractivity contribution in [3.05, 3.63) is 58.6 Å². The normalized spacial score (nSPS) is 16.9. The number of carbonyl (C=O) groups is 1. The van der Waals surface area contributed by atoms with Crippen molar-refractivity contribution in [2.45, 2.75) is 18.9 Å². The summed E-state index contributed by atoms with van der Waals surface area (Å²) in [7, 11) is 1.66. The van der Waals surface area contributed by atoms with E-state index in [0.29, 0.717) is 5.75 Å². The lowest BCUT2D eigenvalue weighted by atomic mass is 10.0. The second kappa shape index (κ2) is 7.71. The van der Waals surface area contributed by atoms with E-state index < -0.39 is 0 Å². The van der Waals surface area contributed by atoms with Crippen molar-refractivity contribution in [3.8, 4) is 11.5 Å². The molecular weight excluding hydrogens is 370 g/mol. The van der Waals surface area contributed by atoms with Crippen LogP contribution in [-0.2, 0) is 4.79 Å². The number of amides is 1. The lowest BCUT2D eigenvalue weighted by Crippen LogP contribution is -2.34. The molecule has 0 aliphatic carbocycles. The number of benzene rings is 2. The molecule has 1 heterocycles. The van der Waals surface area contributed by atoms with Gasteiger partial charge in [0.05, 0.1) is 13.2 Å². The van der Waals surface area contributed by atoms with Crippen molar-refractivity contribution < 1.29 is 14.3 Å². The molecule has 1 amide bonds. The second-order valence-corrected chi connectivity index (χ2v) is 6.68. The number of halogens is 1. The van der Waals surface area contributed by atoms with Crippen molar-refractivity contribution in [3.63, 3.8) is 0 Å². The van der Waals surface area contributed by atoms with Gasteiger partial charge in [-0.15, -0.1) is 0 Å². The molecular formula is C19H20BrNO3. The van der Waals surface area contributed by atoms with E-state index in [0.717, 1.165) is 35.2 Å². The summed E-state index contributed by atoms with van der Waals surface area (Å²) in [5, 5.41) is 0. The molecule has 3 rings (SSSR count). The van der Waals surface area contributed by atoms with Gasteiger partial charge in [-0.2, -0.15) is 0 Å². The third-order valence-electron chi connectivity index (χ3n) is 4.23. The zero-order valence-corrected chi connectivity index (χ0v) is 15.2. The Morgan fingerprint density at radius 2 is 2.00 bits per heavy atom. The van der Waals surface area contributed by atoms with Gasteiger partial charge in [0.1, 0.15) is 11.5 Å². The topological polar surface area (TPSA) is 38.8 Å². The molecule has 1 fully saturated rings. The van der Waals surface area contributed by atoms with Gasteiger partial charge in [-0.1, -0.05) is 28.1 Å². The van der Waals surface area contributed by atoms with E-state index in [1.807, 2.05) is 53.4 Å². The molecule has 1 aliphatic rings. The molecule has 1 unspecified atom stereocenters. The van der Waals surface area contributed by atoms with Gasteiger partial charge < -0.3 is 14.4 Å². The average Bonchev–Trinajstić information content (AvgIpc) is 3.11. The predicted octanol–water partition coefficient (Wildman–Crippen LogP) is 4.20. The fourth-order valence-corrected chi connectivity index (χ4v) is 3.28. The number of ether oxygens (including phenoxy) is 2. The summed E-state index contributed by atoms with van der Waals surface area (Å²) in [6, 6.07) is 15.5. The van der Waals surface area contributed by atoms with Gasteiger partial charge in [-0.25, -0.2) is 0 Å². The third kappa shape index (κ3) is 3.90. The van der Waals surface area contributed by atoms with Crippen LogP contribution in [0.3, 0.4) is 0 Å². The van der Waals surface area contributed by atoms with Crippen molar-refractivity contribution in [1.29, 1.82) is 0 Å². The van der Waals surface area contributed by atoms with E-state index in [2.05, 4.69) is 15.9 Å². The molecule has 2 aromatic rings. The minimum absolute atomic E-state index is 0.0169. The van der Waals surface area contributed by atoms with Crippen LogP contribution >= 0.6 is 15.9 Å². The van der Waals surface area contributed by atoms with Gasteiger partial charge in [-0.3, -0.25) is 4.79 Å². The first-order valence-electron chi connectivity index (χ1n) is 7.99. The van der Waals surface area contributed by atoms with Crippen LogP contribution in [0.15, 0.2) is 53.0 Å². The molecule has 0 N–H and O–H groups in total. The van der Waals surface area contributed by atoms with Crippen molar-refractivity contribution in [2.75, 3.05) is 20.3 Å². The smallest absolute Gasteiger partial charge is 0.261 e. The fraction of sp³-hybridized carbons (Fsp3) is 0.316. The van der Waals surface area contributed by atoms with Gasteiger partial charge in [0, 0.05) is 11.0 Å². The molecule has 0 bridgehead atoms. The van der Waals surface area contributed by atoms with Gasteiger partial charge in [0.15, 0.2) is 6.61 Å². The highest BCUT2D eigenvalue weighted by Crippen LogP contribution is 2.33. The van der Waals surface area contributed by atoms with Crippen LogP contribution < -0.4 is 9.47 Å². The van der Waals surface area contributed by atoms with Gasteiger partial charge in [0.2, 0.25) is 0 Å². The SMILES string of the molecule is COc1cccc(C2CCCN2C(=O)COc2ccc(Br)cc2)c1. The zero-order chi connectivity index (χ0) is 16.9. The molecule has 0 saturated carbocycles. The summed E-state index contributed by atoms with van der Waals surface area (Å²) >= 11 is 3.38. The van der Waals surface area contributed by atoms with Crippen LogP contribution in [0.1, 0.15) is 24.4 Å².